The number of carbonyl (C=O) groups excluding carboxylic acids is 1. The number of ether oxygens (including phenoxy) is 4. The van der Waals surface area contributed by atoms with Gasteiger partial charge in [0.2, 0.25) is 0 Å². The van der Waals surface area contributed by atoms with Crippen LogP contribution >= 0.6 is 0 Å². The van der Waals surface area contributed by atoms with Gasteiger partial charge in [-0.15, -0.1) is 0 Å². The molecule has 0 radical (unpaired) electrons. The molecule has 390 valence electrons. The maximum absolute atomic E-state index is 12.9. The predicted molar refractivity (Wildman–Crippen MR) is 271 cm³/mol. The number of carbonyl (C=O) groups is 1. The Hall–Kier alpha value is -2.20. The van der Waals surface area contributed by atoms with Crippen LogP contribution in [0.25, 0.3) is 0 Å². The van der Waals surface area contributed by atoms with Gasteiger partial charge in [0.15, 0.2) is 6.29 Å². The third-order valence-electron chi connectivity index (χ3n) is 11.9. The lowest BCUT2D eigenvalue weighted by molar-refractivity contribution is -0.301. The summed E-state index contributed by atoms with van der Waals surface area (Å²) < 4.78 is 59.3. The first-order valence-corrected chi connectivity index (χ1v) is 27.9. The molecule has 1 heterocycles. The Labute approximate surface area is 408 Å². The van der Waals surface area contributed by atoms with Gasteiger partial charge in [-0.2, -0.15) is 8.42 Å². The molecule has 6 unspecified atom stereocenters. The van der Waals surface area contributed by atoms with Crippen molar-refractivity contribution >= 4 is 16.4 Å². The van der Waals surface area contributed by atoms with Gasteiger partial charge in [0.05, 0.1) is 19.8 Å². The van der Waals surface area contributed by atoms with Crippen molar-refractivity contribution in [2.75, 3.05) is 26.4 Å². The van der Waals surface area contributed by atoms with Gasteiger partial charge in [0.25, 0.3) is 0 Å². The molecule has 0 amide bonds. The Morgan fingerprint density at radius 1 is 0.582 bits per heavy atom. The summed E-state index contributed by atoms with van der Waals surface area (Å²) in [7, 11) is -5.07. The number of aliphatic hydroxyl groups is 3. The van der Waals surface area contributed by atoms with Gasteiger partial charge < -0.3 is 34.3 Å². The molecule has 1 aliphatic rings. The molecule has 4 N–H and O–H groups in total. The highest BCUT2D eigenvalue weighted by molar-refractivity contribution is 7.80. The molecule has 13 heteroatoms. The van der Waals surface area contributed by atoms with Crippen LogP contribution in [-0.2, 0) is 38.3 Å². The van der Waals surface area contributed by atoms with Crippen LogP contribution in [0.1, 0.15) is 213 Å². The highest BCUT2D eigenvalue weighted by atomic mass is 32.3. The summed E-state index contributed by atoms with van der Waals surface area (Å²) in [5.41, 5.74) is 0. The van der Waals surface area contributed by atoms with Crippen molar-refractivity contribution in [3.05, 3.63) is 60.8 Å². The van der Waals surface area contributed by atoms with E-state index in [0.29, 0.717) is 13.0 Å². The van der Waals surface area contributed by atoms with Crippen molar-refractivity contribution in [3.8, 4) is 0 Å². The minimum atomic E-state index is -5.07. The molecule has 1 rings (SSSR count). The Kier molecular flexibility index (Phi) is 42.2. The van der Waals surface area contributed by atoms with E-state index in [2.05, 4.69) is 78.8 Å². The Morgan fingerprint density at radius 2 is 1.03 bits per heavy atom. The van der Waals surface area contributed by atoms with Gasteiger partial charge in [-0.25, -0.2) is 4.18 Å². The zero-order chi connectivity index (χ0) is 48.9. The third-order valence-corrected chi connectivity index (χ3v) is 12.4. The van der Waals surface area contributed by atoms with E-state index < -0.39 is 59.8 Å². The second kappa shape index (κ2) is 45.0. The largest absolute Gasteiger partial charge is 0.457 e. The van der Waals surface area contributed by atoms with Crippen LogP contribution in [0.5, 0.6) is 0 Å². The van der Waals surface area contributed by atoms with Crippen molar-refractivity contribution < 1.29 is 56.2 Å². The van der Waals surface area contributed by atoms with E-state index in [1.54, 1.807) is 0 Å². The van der Waals surface area contributed by atoms with Crippen LogP contribution < -0.4 is 0 Å². The molecule has 6 atom stereocenters. The Morgan fingerprint density at radius 3 is 1.51 bits per heavy atom. The zero-order valence-electron chi connectivity index (χ0n) is 41.9. The highest BCUT2D eigenvalue weighted by Gasteiger charge is 2.48. The van der Waals surface area contributed by atoms with Gasteiger partial charge >= 0.3 is 16.4 Å². The molecular formula is C54H96O12S. The summed E-state index contributed by atoms with van der Waals surface area (Å²) in [6.45, 7) is 3.84. The Bertz CT molecular complexity index is 1400. The van der Waals surface area contributed by atoms with Crippen LogP contribution in [-0.4, -0.2) is 97.5 Å². The van der Waals surface area contributed by atoms with Crippen LogP contribution in [0.2, 0.25) is 0 Å². The number of unbranched alkanes of at least 4 members (excludes halogenated alkanes) is 23. The molecule has 67 heavy (non-hydrogen) atoms. The lowest BCUT2D eigenvalue weighted by Crippen LogP contribution is -2.60. The van der Waals surface area contributed by atoms with Crippen molar-refractivity contribution in [2.24, 2.45) is 0 Å². The molecule has 0 aliphatic carbocycles. The first kappa shape index (κ1) is 62.8. The number of rotatable bonds is 46. The molecule has 0 bridgehead atoms. The fraction of sp³-hybridized carbons (Fsp3) is 0.796. The van der Waals surface area contributed by atoms with Crippen molar-refractivity contribution in [1.29, 1.82) is 0 Å². The first-order valence-electron chi connectivity index (χ1n) is 26.5. The molecule has 0 saturated carbocycles. The fourth-order valence-corrected chi connectivity index (χ4v) is 8.44. The minimum absolute atomic E-state index is 0.0187. The maximum atomic E-state index is 12.9. The molecule has 1 fully saturated rings. The summed E-state index contributed by atoms with van der Waals surface area (Å²) in [6.07, 6.45) is 48.2. The highest BCUT2D eigenvalue weighted by Crippen LogP contribution is 2.26. The summed E-state index contributed by atoms with van der Waals surface area (Å²) in [6, 6.07) is 0. The molecule has 0 aromatic heterocycles. The van der Waals surface area contributed by atoms with E-state index in [1.807, 2.05) is 0 Å². The Balaban J connectivity index is 2.37. The SMILES string of the molecule is CC/C=C\C/C=C\C/C=C\C/C=C\C/C=C\CCCCCCOCC(COC1OC(CO)C(O)C(OS(=O)(=O)O)C1O)OC(=O)CCCCCCCCCCCCCCCCCCCCCC. The molecule has 1 aliphatic heterocycles. The predicted octanol–water partition coefficient (Wildman–Crippen LogP) is 12.5. The standard InChI is InChI=1S/C54H96O12S/c1-3-5-7-9-11-13-15-17-19-21-23-25-27-29-31-33-35-37-39-41-43-50(56)64-48(47-63-54-52(58)53(66-67(59,60)61)51(57)49(45-55)65-54)46-62-44-42-40-38-36-34-32-30-28-26-24-22-20-18-16-14-12-10-8-6-4-2/h6,8,12,14,18,20,24,26,30,32,48-49,51-55,57-58H,3-5,7,9-11,13,15-17,19,21-23,25,27-29,31,33-47H2,1-2H3,(H,59,60,61)/b8-6-,14-12-,20-18-,26-24-,32-30-. The molecule has 0 aromatic rings. The van der Waals surface area contributed by atoms with Gasteiger partial charge in [0.1, 0.15) is 30.5 Å². The van der Waals surface area contributed by atoms with Crippen LogP contribution in [0, 0.1) is 0 Å². The summed E-state index contributed by atoms with van der Waals surface area (Å²) in [5.74, 6) is -0.406. The smallest absolute Gasteiger partial charge is 0.397 e. The van der Waals surface area contributed by atoms with Gasteiger partial charge in [-0.05, 0) is 57.8 Å². The molecule has 1 saturated heterocycles. The lowest BCUT2D eigenvalue weighted by Gasteiger charge is -2.41. The fourth-order valence-electron chi connectivity index (χ4n) is 7.94. The van der Waals surface area contributed by atoms with E-state index in [1.165, 1.54) is 103 Å². The van der Waals surface area contributed by atoms with Gasteiger partial charge in [-0.3, -0.25) is 9.35 Å². The van der Waals surface area contributed by atoms with Gasteiger partial charge in [0, 0.05) is 13.0 Å². The number of hydrogen-bond acceptors (Lipinski definition) is 11. The topological polar surface area (TPSA) is 178 Å². The quantitative estimate of drug-likeness (QED) is 0.0197. The number of allylic oxidation sites excluding steroid dienone is 10. The molecule has 12 nitrogen and oxygen atoms in total. The van der Waals surface area contributed by atoms with Crippen LogP contribution in [0.3, 0.4) is 0 Å². The number of esters is 1. The van der Waals surface area contributed by atoms with E-state index in [-0.39, 0.29) is 19.6 Å². The third kappa shape index (κ3) is 38.3. The second-order valence-corrected chi connectivity index (χ2v) is 19.1. The molecule has 0 spiro atoms. The average molecular weight is 969 g/mol. The zero-order valence-corrected chi connectivity index (χ0v) is 42.8. The van der Waals surface area contributed by atoms with E-state index in [9.17, 15) is 33.1 Å². The first-order chi connectivity index (χ1) is 32.6. The monoisotopic (exact) mass is 969 g/mol. The van der Waals surface area contributed by atoms with Crippen molar-refractivity contribution in [3.63, 3.8) is 0 Å². The average Bonchev–Trinajstić information content (AvgIpc) is 3.30. The number of aliphatic hydroxyl groups excluding tert-OH is 3. The normalized spacial score (nSPS) is 19.9. The summed E-state index contributed by atoms with van der Waals surface area (Å²) in [4.78, 5) is 12.9. The number of hydrogen-bond donors (Lipinski definition) is 4. The lowest BCUT2D eigenvalue weighted by atomic mass is 9.99. The van der Waals surface area contributed by atoms with Crippen LogP contribution in [0.15, 0.2) is 60.8 Å². The minimum Gasteiger partial charge on any atom is -0.457 e. The van der Waals surface area contributed by atoms with Crippen molar-refractivity contribution in [2.45, 2.75) is 250 Å². The van der Waals surface area contributed by atoms with Crippen molar-refractivity contribution in [1.82, 2.24) is 0 Å². The summed E-state index contributed by atoms with van der Waals surface area (Å²) in [5, 5.41) is 30.8. The maximum Gasteiger partial charge on any atom is 0.397 e. The van der Waals surface area contributed by atoms with Crippen LogP contribution in [0.4, 0.5) is 0 Å². The van der Waals surface area contributed by atoms with E-state index in [0.717, 1.165) is 83.5 Å². The molecular weight excluding hydrogens is 873 g/mol. The van der Waals surface area contributed by atoms with Gasteiger partial charge in [-0.1, -0.05) is 209 Å². The van der Waals surface area contributed by atoms with E-state index >= 15 is 0 Å². The van der Waals surface area contributed by atoms with E-state index in [4.69, 9.17) is 18.9 Å². The second-order valence-electron chi connectivity index (χ2n) is 18.1. The summed E-state index contributed by atoms with van der Waals surface area (Å²) >= 11 is 0. The molecule has 0 aromatic carbocycles.